The van der Waals surface area contributed by atoms with E-state index in [2.05, 4.69) is 48.0 Å². The molecule has 0 aromatic heterocycles. The lowest BCUT2D eigenvalue weighted by atomic mass is 10.1. The van der Waals surface area contributed by atoms with Crippen molar-refractivity contribution in [2.24, 2.45) is 0 Å². The van der Waals surface area contributed by atoms with Crippen LogP contribution < -0.4 is 0 Å². The molecular formula is C11H14BrCl. The van der Waals surface area contributed by atoms with Crippen molar-refractivity contribution in [3.05, 3.63) is 34.3 Å². The van der Waals surface area contributed by atoms with Gasteiger partial charge in [-0.25, -0.2) is 0 Å². The van der Waals surface area contributed by atoms with Crippen LogP contribution in [-0.4, -0.2) is 0 Å². The van der Waals surface area contributed by atoms with Crippen LogP contribution >= 0.6 is 27.5 Å². The highest BCUT2D eigenvalue weighted by Gasteiger charge is 2.08. The third-order valence-corrected chi connectivity index (χ3v) is 3.01. The second kappa shape index (κ2) is 5.02. The van der Waals surface area contributed by atoms with E-state index in [0.29, 0.717) is 4.83 Å². The molecule has 0 saturated heterocycles. The molecule has 0 radical (unpaired) electrons. The largest absolute Gasteiger partial charge is 0.0841 e. The molecule has 0 bridgehead atoms. The lowest BCUT2D eigenvalue weighted by Crippen LogP contribution is -1.91. The molecule has 0 nitrogen and oxygen atoms in total. The number of alkyl halides is 1. The maximum Gasteiger partial charge on any atom is 0.0481 e. The Morgan fingerprint density at radius 3 is 2.69 bits per heavy atom. The molecule has 1 atom stereocenters. The van der Waals surface area contributed by atoms with Gasteiger partial charge < -0.3 is 0 Å². The Labute approximate surface area is 93.4 Å². The van der Waals surface area contributed by atoms with E-state index in [-0.39, 0.29) is 0 Å². The van der Waals surface area contributed by atoms with Crippen LogP contribution in [0.2, 0.25) is 5.02 Å². The average molecular weight is 262 g/mol. The van der Waals surface area contributed by atoms with Gasteiger partial charge in [-0.3, -0.25) is 0 Å². The number of hydrogen-bond donors (Lipinski definition) is 0. The standard InChI is InChI=1S/C11H14BrCl/c1-3-5-9-6-4-7-10(8(2)12)11(9)13/h4,6-8H,3,5H2,1-2H3. The Morgan fingerprint density at radius 1 is 1.46 bits per heavy atom. The second-order valence-corrected chi connectivity index (χ2v) is 4.94. The third-order valence-electron chi connectivity index (χ3n) is 2.06. The molecule has 0 aliphatic heterocycles. The molecule has 0 N–H and O–H groups in total. The molecule has 1 rings (SSSR count). The normalized spacial score (nSPS) is 12.9. The van der Waals surface area contributed by atoms with Crippen LogP contribution in [0.1, 0.15) is 36.2 Å². The SMILES string of the molecule is CCCc1cccc(C(C)Br)c1Cl. The van der Waals surface area contributed by atoms with E-state index in [1.54, 1.807) is 0 Å². The van der Waals surface area contributed by atoms with Gasteiger partial charge in [0.15, 0.2) is 0 Å². The van der Waals surface area contributed by atoms with E-state index in [1.807, 2.05) is 0 Å². The first-order chi connectivity index (χ1) is 6.16. The van der Waals surface area contributed by atoms with Crippen LogP contribution in [0.15, 0.2) is 18.2 Å². The molecule has 0 fully saturated rings. The van der Waals surface area contributed by atoms with Crippen LogP contribution in [0.3, 0.4) is 0 Å². The topological polar surface area (TPSA) is 0 Å². The summed E-state index contributed by atoms with van der Waals surface area (Å²) in [5, 5.41) is 0.925. The van der Waals surface area contributed by atoms with Crippen molar-refractivity contribution in [2.75, 3.05) is 0 Å². The van der Waals surface area contributed by atoms with Gasteiger partial charge in [0.05, 0.1) is 0 Å². The summed E-state index contributed by atoms with van der Waals surface area (Å²) in [5.41, 5.74) is 2.44. The van der Waals surface area contributed by atoms with Crippen molar-refractivity contribution in [1.82, 2.24) is 0 Å². The van der Waals surface area contributed by atoms with Crippen LogP contribution in [0.4, 0.5) is 0 Å². The first-order valence-electron chi connectivity index (χ1n) is 4.58. The van der Waals surface area contributed by atoms with Gasteiger partial charge >= 0.3 is 0 Å². The number of rotatable bonds is 3. The molecule has 72 valence electrons. The first kappa shape index (κ1) is 11.1. The highest BCUT2D eigenvalue weighted by Crippen LogP contribution is 2.31. The van der Waals surface area contributed by atoms with Gasteiger partial charge in [0.2, 0.25) is 0 Å². The smallest absolute Gasteiger partial charge is 0.0481 e. The lowest BCUT2D eigenvalue weighted by molar-refractivity contribution is 0.917. The van der Waals surface area contributed by atoms with Gasteiger partial charge in [0, 0.05) is 9.85 Å². The summed E-state index contributed by atoms with van der Waals surface area (Å²) in [6, 6.07) is 6.25. The summed E-state index contributed by atoms with van der Waals surface area (Å²) in [7, 11) is 0. The zero-order chi connectivity index (χ0) is 9.84. The number of halogens is 2. The highest BCUT2D eigenvalue weighted by atomic mass is 79.9. The minimum atomic E-state index is 0.330. The number of aryl methyl sites for hydroxylation is 1. The molecule has 0 spiro atoms. The fourth-order valence-electron chi connectivity index (χ4n) is 1.37. The molecule has 0 amide bonds. The zero-order valence-electron chi connectivity index (χ0n) is 7.98. The van der Waals surface area contributed by atoms with Crippen molar-refractivity contribution in [3.63, 3.8) is 0 Å². The maximum absolute atomic E-state index is 6.25. The van der Waals surface area contributed by atoms with Crippen molar-refractivity contribution >= 4 is 27.5 Å². The molecule has 1 aromatic rings. The van der Waals surface area contributed by atoms with Crippen molar-refractivity contribution in [3.8, 4) is 0 Å². The summed E-state index contributed by atoms with van der Waals surface area (Å²) in [4.78, 5) is 0.330. The molecule has 13 heavy (non-hydrogen) atoms. The van der Waals surface area contributed by atoms with E-state index in [1.165, 1.54) is 11.1 Å². The molecule has 1 unspecified atom stereocenters. The quantitative estimate of drug-likeness (QED) is 0.689. The van der Waals surface area contributed by atoms with Crippen molar-refractivity contribution < 1.29 is 0 Å². The molecular weight excluding hydrogens is 247 g/mol. The van der Waals surface area contributed by atoms with Gasteiger partial charge in [-0.15, -0.1) is 0 Å². The summed E-state index contributed by atoms with van der Waals surface area (Å²) in [6.07, 6.45) is 2.20. The van der Waals surface area contributed by atoms with Crippen LogP contribution in [-0.2, 0) is 6.42 Å². The predicted octanol–water partition coefficient (Wildman–Crippen LogP) is 4.75. The Bertz CT molecular complexity index is 281. The third kappa shape index (κ3) is 2.72. The summed E-state index contributed by atoms with van der Waals surface area (Å²) >= 11 is 9.79. The van der Waals surface area contributed by atoms with Gasteiger partial charge in [-0.1, -0.05) is 59.1 Å². The minimum absolute atomic E-state index is 0.330. The Balaban J connectivity index is 3.03. The Hall–Kier alpha value is -0.0100. The Kier molecular flexibility index (Phi) is 4.27. The number of hydrogen-bond acceptors (Lipinski definition) is 0. The monoisotopic (exact) mass is 260 g/mol. The van der Waals surface area contributed by atoms with Gasteiger partial charge in [-0.05, 0) is 24.5 Å². The summed E-state index contributed by atoms with van der Waals surface area (Å²) in [6.45, 7) is 4.26. The van der Waals surface area contributed by atoms with Crippen molar-refractivity contribution in [1.29, 1.82) is 0 Å². The van der Waals surface area contributed by atoms with Crippen LogP contribution in [0.25, 0.3) is 0 Å². The fraction of sp³-hybridized carbons (Fsp3) is 0.455. The molecule has 0 heterocycles. The van der Waals surface area contributed by atoms with Crippen LogP contribution in [0, 0.1) is 0 Å². The van der Waals surface area contributed by atoms with Gasteiger partial charge in [0.1, 0.15) is 0 Å². The fourth-order valence-corrected chi connectivity index (χ4v) is 2.27. The number of benzene rings is 1. The molecule has 2 heteroatoms. The summed E-state index contributed by atoms with van der Waals surface area (Å²) < 4.78 is 0. The zero-order valence-corrected chi connectivity index (χ0v) is 10.3. The van der Waals surface area contributed by atoms with Gasteiger partial charge in [0.25, 0.3) is 0 Å². The molecule has 0 aliphatic carbocycles. The van der Waals surface area contributed by atoms with Crippen LogP contribution in [0.5, 0.6) is 0 Å². The van der Waals surface area contributed by atoms with Crippen molar-refractivity contribution in [2.45, 2.75) is 31.5 Å². The minimum Gasteiger partial charge on any atom is -0.0841 e. The van der Waals surface area contributed by atoms with E-state index in [9.17, 15) is 0 Å². The van der Waals surface area contributed by atoms with E-state index < -0.39 is 0 Å². The van der Waals surface area contributed by atoms with E-state index >= 15 is 0 Å². The van der Waals surface area contributed by atoms with E-state index in [0.717, 1.165) is 17.9 Å². The Morgan fingerprint density at radius 2 is 2.15 bits per heavy atom. The predicted molar refractivity (Wildman–Crippen MR) is 62.8 cm³/mol. The summed E-state index contributed by atoms with van der Waals surface area (Å²) in [5.74, 6) is 0. The highest BCUT2D eigenvalue weighted by molar-refractivity contribution is 9.09. The average Bonchev–Trinajstić information content (AvgIpc) is 2.08. The van der Waals surface area contributed by atoms with Gasteiger partial charge in [-0.2, -0.15) is 0 Å². The molecule has 0 saturated carbocycles. The maximum atomic E-state index is 6.25. The second-order valence-electron chi connectivity index (χ2n) is 3.19. The first-order valence-corrected chi connectivity index (χ1v) is 5.87. The lowest BCUT2D eigenvalue weighted by Gasteiger charge is -2.10. The molecule has 1 aromatic carbocycles. The van der Waals surface area contributed by atoms with E-state index in [4.69, 9.17) is 11.6 Å². The molecule has 0 aliphatic rings.